The van der Waals surface area contributed by atoms with Crippen molar-refractivity contribution in [2.24, 2.45) is 5.73 Å². The number of nitrogens with two attached hydrogens (primary N) is 1. The van der Waals surface area contributed by atoms with Gasteiger partial charge in [-0.25, -0.2) is 0 Å². The summed E-state index contributed by atoms with van der Waals surface area (Å²) in [6.45, 7) is 2.20. The van der Waals surface area contributed by atoms with Gasteiger partial charge in [-0.05, 0) is 23.8 Å². The van der Waals surface area contributed by atoms with E-state index in [2.05, 4.69) is 41.4 Å². The molecule has 2 N–H and O–H groups in total. The fraction of sp³-hybridized carbons (Fsp3) is 0.429. The minimum Gasteiger partial charge on any atom is -0.323 e. The summed E-state index contributed by atoms with van der Waals surface area (Å²) in [5.74, 6) is 0.830. The molecule has 0 spiro atoms. The van der Waals surface area contributed by atoms with Gasteiger partial charge >= 0.3 is 0 Å². The van der Waals surface area contributed by atoms with Crippen LogP contribution in [0.4, 0.5) is 0 Å². The SMILES string of the molecule is CCCc1ccc(C(N)CSc2nnc(SC)s2)cc1. The molecule has 0 saturated heterocycles. The van der Waals surface area contributed by atoms with Crippen LogP contribution in [-0.4, -0.2) is 22.2 Å². The van der Waals surface area contributed by atoms with Gasteiger partial charge in [0, 0.05) is 11.8 Å². The van der Waals surface area contributed by atoms with E-state index >= 15 is 0 Å². The van der Waals surface area contributed by atoms with E-state index in [4.69, 9.17) is 5.73 Å². The third kappa shape index (κ3) is 4.48. The van der Waals surface area contributed by atoms with E-state index in [0.29, 0.717) is 0 Å². The molecule has 0 bridgehead atoms. The zero-order valence-corrected chi connectivity index (χ0v) is 14.2. The second kappa shape index (κ2) is 8.02. The molecule has 0 amide bonds. The molecule has 1 aromatic heterocycles. The van der Waals surface area contributed by atoms with Gasteiger partial charge in [-0.2, -0.15) is 0 Å². The van der Waals surface area contributed by atoms with E-state index in [1.54, 1.807) is 34.9 Å². The first-order valence-electron chi connectivity index (χ1n) is 6.57. The molecule has 108 valence electrons. The summed E-state index contributed by atoms with van der Waals surface area (Å²) in [5.41, 5.74) is 8.80. The summed E-state index contributed by atoms with van der Waals surface area (Å²) in [7, 11) is 0. The summed E-state index contributed by atoms with van der Waals surface area (Å²) >= 11 is 4.93. The molecular weight excluding hydrogens is 306 g/mol. The average Bonchev–Trinajstić information content (AvgIpc) is 2.94. The first-order chi connectivity index (χ1) is 9.72. The van der Waals surface area contributed by atoms with E-state index in [0.717, 1.165) is 20.9 Å². The molecule has 0 saturated carbocycles. The summed E-state index contributed by atoms with van der Waals surface area (Å²) < 4.78 is 2.00. The highest BCUT2D eigenvalue weighted by Gasteiger charge is 2.09. The number of hydrogen-bond donors (Lipinski definition) is 1. The first-order valence-corrected chi connectivity index (χ1v) is 9.60. The van der Waals surface area contributed by atoms with E-state index in [9.17, 15) is 0 Å². The van der Waals surface area contributed by atoms with Crippen LogP contribution >= 0.6 is 34.9 Å². The highest BCUT2D eigenvalue weighted by atomic mass is 32.2. The lowest BCUT2D eigenvalue weighted by Crippen LogP contribution is -2.12. The second-order valence-corrected chi connectivity index (χ2v) is 7.75. The van der Waals surface area contributed by atoms with Crippen molar-refractivity contribution in [3.8, 4) is 0 Å². The Bertz CT molecular complexity index is 525. The molecule has 0 radical (unpaired) electrons. The van der Waals surface area contributed by atoms with Gasteiger partial charge in [0.15, 0.2) is 8.68 Å². The standard InChI is InChI=1S/C14H19N3S3/c1-3-4-10-5-7-11(8-6-10)12(15)9-19-14-17-16-13(18-2)20-14/h5-8,12H,3-4,9,15H2,1-2H3. The van der Waals surface area contributed by atoms with Crippen LogP contribution in [0, 0.1) is 0 Å². The largest absolute Gasteiger partial charge is 0.323 e. The molecule has 0 fully saturated rings. The zero-order valence-electron chi connectivity index (χ0n) is 11.7. The van der Waals surface area contributed by atoms with Crippen molar-refractivity contribution in [2.75, 3.05) is 12.0 Å². The number of nitrogens with zero attached hydrogens (tertiary/aromatic N) is 2. The lowest BCUT2D eigenvalue weighted by Gasteiger charge is -2.11. The van der Waals surface area contributed by atoms with Crippen LogP contribution in [0.25, 0.3) is 0 Å². The quantitative estimate of drug-likeness (QED) is 0.780. The van der Waals surface area contributed by atoms with Crippen molar-refractivity contribution >= 4 is 34.9 Å². The predicted octanol–water partition coefficient (Wildman–Crippen LogP) is 4.00. The van der Waals surface area contributed by atoms with Gasteiger partial charge < -0.3 is 5.73 Å². The molecule has 1 atom stereocenters. The molecular formula is C14H19N3S3. The number of rotatable bonds is 7. The zero-order chi connectivity index (χ0) is 14.4. The fourth-order valence-corrected chi connectivity index (χ4v) is 4.27. The topological polar surface area (TPSA) is 51.8 Å². The Morgan fingerprint density at radius 3 is 2.50 bits per heavy atom. The molecule has 1 heterocycles. The van der Waals surface area contributed by atoms with Gasteiger partial charge in [0.25, 0.3) is 0 Å². The number of benzene rings is 1. The predicted molar refractivity (Wildman–Crippen MR) is 89.8 cm³/mol. The van der Waals surface area contributed by atoms with Crippen LogP contribution in [0.5, 0.6) is 0 Å². The van der Waals surface area contributed by atoms with Crippen LogP contribution in [0.2, 0.25) is 0 Å². The molecule has 1 aromatic carbocycles. The van der Waals surface area contributed by atoms with Crippen molar-refractivity contribution in [3.63, 3.8) is 0 Å². The van der Waals surface area contributed by atoms with Crippen molar-refractivity contribution in [2.45, 2.75) is 34.5 Å². The average molecular weight is 326 g/mol. The molecule has 0 aliphatic heterocycles. The molecule has 2 aromatic rings. The van der Waals surface area contributed by atoms with Crippen molar-refractivity contribution < 1.29 is 0 Å². The maximum Gasteiger partial charge on any atom is 0.175 e. The molecule has 0 aliphatic rings. The molecule has 0 aliphatic carbocycles. The molecule has 3 nitrogen and oxygen atoms in total. The molecule has 2 rings (SSSR count). The Kier molecular flexibility index (Phi) is 6.35. The maximum absolute atomic E-state index is 6.24. The number of hydrogen-bond acceptors (Lipinski definition) is 6. The Morgan fingerprint density at radius 2 is 1.90 bits per heavy atom. The van der Waals surface area contributed by atoms with Gasteiger partial charge in [-0.15, -0.1) is 10.2 Å². The van der Waals surface area contributed by atoms with Crippen LogP contribution in [0.15, 0.2) is 32.9 Å². The smallest absolute Gasteiger partial charge is 0.175 e. The van der Waals surface area contributed by atoms with Gasteiger partial charge in [0.2, 0.25) is 0 Å². The van der Waals surface area contributed by atoms with Crippen LogP contribution in [0.1, 0.15) is 30.5 Å². The summed E-state index contributed by atoms with van der Waals surface area (Å²) in [6, 6.07) is 8.69. The Morgan fingerprint density at radius 1 is 1.20 bits per heavy atom. The molecule has 1 unspecified atom stereocenters. The van der Waals surface area contributed by atoms with Crippen LogP contribution < -0.4 is 5.73 Å². The van der Waals surface area contributed by atoms with Crippen LogP contribution in [-0.2, 0) is 6.42 Å². The van der Waals surface area contributed by atoms with Crippen molar-refractivity contribution in [3.05, 3.63) is 35.4 Å². The van der Waals surface area contributed by atoms with Gasteiger partial charge in [0.05, 0.1) is 0 Å². The van der Waals surface area contributed by atoms with Crippen molar-refractivity contribution in [1.82, 2.24) is 10.2 Å². The van der Waals surface area contributed by atoms with E-state index in [-0.39, 0.29) is 6.04 Å². The summed E-state index contributed by atoms with van der Waals surface area (Å²) in [6.07, 6.45) is 4.32. The lowest BCUT2D eigenvalue weighted by molar-refractivity contribution is 0.826. The fourth-order valence-electron chi connectivity index (χ4n) is 1.82. The highest BCUT2D eigenvalue weighted by molar-refractivity contribution is 8.02. The third-order valence-electron chi connectivity index (χ3n) is 2.90. The lowest BCUT2D eigenvalue weighted by atomic mass is 10.0. The summed E-state index contributed by atoms with van der Waals surface area (Å²) in [4.78, 5) is 0. The second-order valence-electron chi connectivity index (χ2n) is 4.45. The Hall–Kier alpha value is -0.560. The minimum absolute atomic E-state index is 0.0392. The number of aromatic nitrogens is 2. The van der Waals surface area contributed by atoms with E-state index in [1.165, 1.54) is 17.5 Å². The monoisotopic (exact) mass is 325 g/mol. The van der Waals surface area contributed by atoms with Gasteiger partial charge in [-0.1, -0.05) is 72.5 Å². The molecule has 6 heteroatoms. The minimum atomic E-state index is 0.0392. The van der Waals surface area contributed by atoms with Gasteiger partial charge in [0.1, 0.15) is 0 Å². The highest BCUT2D eigenvalue weighted by Crippen LogP contribution is 2.29. The molecule has 20 heavy (non-hydrogen) atoms. The third-order valence-corrected chi connectivity index (χ3v) is 6.05. The Balaban J connectivity index is 1.89. The van der Waals surface area contributed by atoms with Gasteiger partial charge in [-0.3, -0.25) is 0 Å². The van der Waals surface area contributed by atoms with Crippen LogP contribution in [0.3, 0.4) is 0 Å². The van der Waals surface area contributed by atoms with Crippen molar-refractivity contribution in [1.29, 1.82) is 0 Å². The summed E-state index contributed by atoms with van der Waals surface area (Å²) in [5, 5.41) is 8.23. The number of thioether (sulfide) groups is 2. The normalized spacial score (nSPS) is 12.6. The van der Waals surface area contributed by atoms with E-state index < -0.39 is 0 Å². The Labute approximate surface area is 132 Å². The number of aryl methyl sites for hydroxylation is 1. The van der Waals surface area contributed by atoms with E-state index in [1.807, 2.05) is 6.26 Å². The maximum atomic E-state index is 6.24. The first kappa shape index (κ1) is 15.8.